The number of anilines is 1. The second kappa shape index (κ2) is 8.82. The summed E-state index contributed by atoms with van der Waals surface area (Å²) in [6.07, 6.45) is -1.38. The van der Waals surface area contributed by atoms with Crippen LogP contribution in [0.2, 0.25) is 0 Å². The Balaban J connectivity index is 1.51. The molecule has 29 heavy (non-hydrogen) atoms. The van der Waals surface area contributed by atoms with Crippen molar-refractivity contribution in [2.75, 3.05) is 11.9 Å². The van der Waals surface area contributed by atoms with Gasteiger partial charge in [0.2, 0.25) is 11.8 Å². The maximum atomic E-state index is 12.6. The van der Waals surface area contributed by atoms with E-state index in [1.807, 2.05) is 0 Å². The van der Waals surface area contributed by atoms with E-state index in [-0.39, 0.29) is 13.0 Å². The van der Waals surface area contributed by atoms with Crippen LogP contribution in [0.15, 0.2) is 54.2 Å². The smallest absolute Gasteiger partial charge is 0.347 e. The van der Waals surface area contributed by atoms with Crippen LogP contribution in [0.3, 0.4) is 0 Å². The molecule has 0 unspecified atom stereocenters. The Morgan fingerprint density at radius 1 is 1.07 bits per heavy atom. The maximum Gasteiger partial charge on any atom is 0.416 e. The topological polar surface area (TPSA) is 84.0 Å². The molecule has 0 bridgehead atoms. The van der Waals surface area contributed by atoms with Crippen molar-refractivity contribution >= 4 is 28.8 Å². The third kappa shape index (κ3) is 5.85. The zero-order chi connectivity index (χ0) is 20.9. The van der Waals surface area contributed by atoms with Gasteiger partial charge in [0.25, 0.3) is 0 Å². The summed E-state index contributed by atoms with van der Waals surface area (Å²) in [5, 5.41) is 7.25. The van der Waals surface area contributed by atoms with Crippen molar-refractivity contribution in [2.45, 2.75) is 12.6 Å². The lowest BCUT2D eigenvalue weighted by atomic mass is 10.1. The standard InChI is InChI=1S/C19H15F3N4O2S/c20-19(21,22)13-5-3-12(4-6-13)18-26-15(11-29-18)8-16(27)24-10-17(28)25-14-2-1-7-23-9-14/h1-7,9,11H,8,10H2,(H,24,27)(H,25,28). The molecule has 0 aliphatic carbocycles. The van der Waals surface area contributed by atoms with Gasteiger partial charge in [-0.1, -0.05) is 12.1 Å². The zero-order valence-electron chi connectivity index (χ0n) is 14.9. The summed E-state index contributed by atoms with van der Waals surface area (Å²) in [5.74, 6) is -0.786. The average Bonchev–Trinajstić information content (AvgIpc) is 3.15. The number of benzene rings is 1. The first-order valence-electron chi connectivity index (χ1n) is 8.40. The molecular formula is C19H15F3N4O2S. The van der Waals surface area contributed by atoms with Gasteiger partial charge in [-0.25, -0.2) is 4.98 Å². The molecule has 2 N–H and O–H groups in total. The molecule has 3 rings (SSSR count). The largest absolute Gasteiger partial charge is 0.416 e. The van der Waals surface area contributed by atoms with E-state index in [9.17, 15) is 22.8 Å². The van der Waals surface area contributed by atoms with Gasteiger partial charge < -0.3 is 10.6 Å². The number of pyridine rings is 1. The van der Waals surface area contributed by atoms with E-state index < -0.39 is 23.6 Å². The van der Waals surface area contributed by atoms with Crippen LogP contribution in [0.25, 0.3) is 10.6 Å². The van der Waals surface area contributed by atoms with E-state index >= 15 is 0 Å². The molecule has 0 radical (unpaired) electrons. The molecule has 0 atom stereocenters. The number of nitrogens with one attached hydrogen (secondary N) is 2. The molecule has 1 aromatic carbocycles. The van der Waals surface area contributed by atoms with Gasteiger partial charge in [-0.3, -0.25) is 14.6 Å². The quantitative estimate of drug-likeness (QED) is 0.639. The van der Waals surface area contributed by atoms with Gasteiger partial charge in [0.15, 0.2) is 0 Å². The highest BCUT2D eigenvalue weighted by molar-refractivity contribution is 7.13. The SMILES string of the molecule is O=C(Cc1csc(-c2ccc(C(F)(F)F)cc2)n1)NCC(=O)Nc1cccnc1. The summed E-state index contributed by atoms with van der Waals surface area (Å²) >= 11 is 1.23. The van der Waals surface area contributed by atoms with Gasteiger partial charge in [0, 0.05) is 17.1 Å². The van der Waals surface area contributed by atoms with Crippen LogP contribution in [0.1, 0.15) is 11.3 Å². The number of nitrogens with zero attached hydrogens (tertiary/aromatic N) is 2. The highest BCUT2D eigenvalue weighted by Crippen LogP contribution is 2.31. The first kappa shape index (κ1) is 20.5. The van der Waals surface area contributed by atoms with Crippen molar-refractivity contribution in [1.29, 1.82) is 0 Å². The third-order valence-electron chi connectivity index (χ3n) is 3.74. The lowest BCUT2D eigenvalue weighted by molar-refractivity contribution is -0.137. The minimum atomic E-state index is -4.39. The molecule has 2 amide bonds. The highest BCUT2D eigenvalue weighted by Gasteiger charge is 2.30. The molecule has 2 heterocycles. The number of rotatable bonds is 6. The van der Waals surface area contributed by atoms with Gasteiger partial charge in [-0.2, -0.15) is 13.2 Å². The summed E-state index contributed by atoms with van der Waals surface area (Å²) in [5.41, 5.74) is 0.787. The summed E-state index contributed by atoms with van der Waals surface area (Å²) in [7, 11) is 0. The molecule has 3 aromatic rings. The summed E-state index contributed by atoms with van der Waals surface area (Å²) < 4.78 is 37.9. The Morgan fingerprint density at radius 3 is 2.48 bits per heavy atom. The van der Waals surface area contributed by atoms with Gasteiger partial charge >= 0.3 is 6.18 Å². The van der Waals surface area contributed by atoms with E-state index in [1.54, 1.807) is 23.7 Å². The predicted octanol–water partition coefficient (Wildman–Crippen LogP) is 3.52. The van der Waals surface area contributed by atoms with Crippen molar-refractivity contribution in [3.63, 3.8) is 0 Å². The molecule has 0 saturated heterocycles. The number of amides is 2. The van der Waals surface area contributed by atoms with Crippen LogP contribution in [-0.2, 0) is 22.2 Å². The molecule has 150 valence electrons. The average molecular weight is 420 g/mol. The molecule has 0 aliphatic rings. The van der Waals surface area contributed by atoms with Crippen molar-refractivity contribution in [3.8, 4) is 10.6 Å². The van der Waals surface area contributed by atoms with Gasteiger partial charge in [0.05, 0.1) is 36.1 Å². The normalized spacial score (nSPS) is 11.1. The Kier molecular flexibility index (Phi) is 6.23. The van der Waals surface area contributed by atoms with Crippen LogP contribution in [-0.4, -0.2) is 28.3 Å². The second-order valence-electron chi connectivity index (χ2n) is 5.96. The van der Waals surface area contributed by atoms with E-state index in [0.717, 1.165) is 12.1 Å². The molecule has 0 aliphatic heterocycles. The van der Waals surface area contributed by atoms with E-state index in [4.69, 9.17) is 0 Å². The molecule has 2 aromatic heterocycles. The summed E-state index contributed by atoms with van der Waals surface area (Å²) in [4.78, 5) is 32.0. The number of carbonyl (C=O) groups is 2. The second-order valence-corrected chi connectivity index (χ2v) is 6.82. The fourth-order valence-electron chi connectivity index (χ4n) is 2.37. The number of thiazole rings is 1. The number of hydrogen-bond donors (Lipinski definition) is 2. The van der Waals surface area contributed by atoms with E-state index in [1.165, 1.54) is 29.7 Å². The third-order valence-corrected chi connectivity index (χ3v) is 4.68. The lowest BCUT2D eigenvalue weighted by Gasteiger charge is -2.06. The van der Waals surface area contributed by atoms with Gasteiger partial charge in [-0.05, 0) is 24.3 Å². The van der Waals surface area contributed by atoms with Crippen LogP contribution in [0.4, 0.5) is 18.9 Å². The van der Waals surface area contributed by atoms with Crippen LogP contribution >= 0.6 is 11.3 Å². The summed E-state index contributed by atoms with van der Waals surface area (Å²) in [6.45, 7) is -0.205. The van der Waals surface area contributed by atoms with Crippen molar-refractivity contribution in [3.05, 3.63) is 65.4 Å². The van der Waals surface area contributed by atoms with Crippen LogP contribution < -0.4 is 10.6 Å². The first-order valence-corrected chi connectivity index (χ1v) is 9.28. The Bertz CT molecular complexity index is 989. The zero-order valence-corrected chi connectivity index (χ0v) is 15.7. The first-order chi connectivity index (χ1) is 13.8. The van der Waals surface area contributed by atoms with E-state index in [0.29, 0.717) is 22.0 Å². The van der Waals surface area contributed by atoms with Crippen molar-refractivity contribution in [1.82, 2.24) is 15.3 Å². The summed E-state index contributed by atoms with van der Waals surface area (Å²) in [6, 6.07) is 8.01. The molecular weight excluding hydrogens is 405 g/mol. The highest BCUT2D eigenvalue weighted by atomic mass is 32.1. The number of hydrogen-bond acceptors (Lipinski definition) is 5. The molecule has 0 fully saturated rings. The van der Waals surface area contributed by atoms with Crippen molar-refractivity contribution in [2.24, 2.45) is 0 Å². The van der Waals surface area contributed by atoms with Gasteiger partial charge in [-0.15, -0.1) is 11.3 Å². The Hall–Kier alpha value is -3.27. The fraction of sp³-hybridized carbons (Fsp3) is 0.158. The number of aromatic nitrogens is 2. The maximum absolute atomic E-state index is 12.6. The monoisotopic (exact) mass is 420 g/mol. The molecule has 0 spiro atoms. The minimum absolute atomic E-state index is 0.0443. The van der Waals surface area contributed by atoms with Crippen LogP contribution in [0, 0.1) is 0 Å². The molecule has 10 heteroatoms. The molecule has 6 nitrogen and oxygen atoms in total. The molecule has 0 saturated carbocycles. The Morgan fingerprint density at radius 2 is 1.83 bits per heavy atom. The fourth-order valence-corrected chi connectivity index (χ4v) is 3.20. The lowest BCUT2D eigenvalue weighted by Crippen LogP contribution is -2.33. The minimum Gasteiger partial charge on any atom is -0.347 e. The number of alkyl halides is 3. The number of carbonyl (C=O) groups excluding carboxylic acids is 2. The van der Waals surface area contributed by atoms with Crippen molar-refractivity contribution < 1.29 is 22.8 Å². The van der Waals surface area contributed by atoms with Gasteiger partial charge in [0.1, 0.15) is 5.01 Å². The Labute approximate surface area is 167 Å². The predicted molar refractivity (Wildman–Crippen MR) is 102 cm³/mol. The number of halogens is 3. The van der Waals surface area contributed by atoms with E-state index in [2.05, 4.69) is 20.6 Å². The van der Waals surface area contributed by atoms with Crippen LogP contribution in [0.5, 0.6) is 0 Å².